The Hall–Kier alpha value is -3.14. The van der Waals surface area contributed by atoms with E-state index in [-0.39, 0.29) is 26.8 Å². The van der Waals surface area contributed by atoms with Crippen molar-refractivity contribution in [2.75, 3.05) is 4.72 Å². The second kappa shape index (κ2) is 9.72. The predicted octanol–water partition coefficient (Wildman–Crippen LogP) is 5.93. The van der Waals surface area contributed by atoms with Crippen LogP contribution in [-0.4, -0.2) is 35.5 Å². The molecular formula is C25H22Cl2N4O4S. The number of ether oxygens (including phenoxy) is 1. The van der Waals surface area contributed by atoms with Crippen LogP contribution in [0.15, 0.2) is 53.4 Å². The molecular weight excluding hydrogens is 523 g/mol. The van der Waals surface area contributed by atoms with Gasteiger partial charge in [-0.05, 0) is 56.2 Å². The van der Waals surface area contributed by atoms with Crippen molar-refractivity contribution in [1.82, 2.24) is 15.2 Å². The molecule has 0 unspecified atom stereocenters. The number of nitrogens with zero attached hydrogens (tertiary/aromatic N) is 2. The molecule has 2 aromatic carbocycles. The minimum atomic E-state index is -3.94. The Morgan fingerprint density at radius 2 is 1.78 bits per heavy atom. The number of H-pyrrole nitrogens is 1. The van der Waals surface area contributed by atoms with Crippen molar-refractivity contribution in [2.24, 2.45) is 0 Å². The molecule has 1 aliphatic carbocycles. The van der Waals surface area contributed by atoms with E-state index in [0.717, 1.165) is 16.6 Å². The third-order valence-corrected chi connectivity index (χ3v) is 8.17. The summed E-state index contributed by atoms with van der Waals surface area (Å²) < 4.78 is 34.4. The van der Waals surface area contributed by atoms with E-state index in [4.69, 9.17) is 32.9 Å². The number of carbonyl (C=O) groups is 1. The molecule has 36 heavy (non-hydrogen) atoms. The van der Waals surface area contributed by atoms with E-state index in [1.807, 2.05) is 13.0 Å². The molecule has 1 aliphatic rings. The highest BCUT2D eigenvalue weighted by Gasteiger charge is 2.23. The Bertz CT molecular complexity index is 1560. The van der Waals surface area contributed by atoms with Crippen molar-refractivity contribution in [1.29, 1.82) is 0 Å². The second-order valence-electron chi connectivity index (χ2n) is 8.67. The quantitative estimate of drug-likeness (QED) is 0.310. The summed E-state index contributed by atoms with van der Waals surface area (Å²) in [4.78, 5) is 16.3. The number of aryl methyl sites for hydroxylation is 1. The van der Waals surface area contributed by atoms with Crippen LogP contribution in [0.5, 0.6) is 5.88 Å². The third kappa shape index (κ3) is 5.04. The second-order valence-corrected chi connectivity index (χ2v) is 11.2. The van der Waals surface area contributed by atoms with Crippen molar-refractivity contribution in [2.45, 2.75) is 43.6 Å². The number of hydrogen-bond acceptors (Lipinski definition) is 6. The number of sulfonamides is 1. The topological polar surface area (TPSA) is 114 Å². The summed E-state index contributed by atoms with van der Waals surface area (Å²) in [5.74, 6) is 0.725. The highest BCUT2D eigenvalue weighted by Crippen LogP contribution is 2.33. The third-order valence-electron chi connectivity index (χ3n) is 6.07. The average Bonchev–Trinajstić information content (AvgIpc) is 3.23. The zero-order valence-corrected chi connectivity index (χ0v) is 21.5. The summed E-state index contributed by atoms with van der Waals surface area (Å²) in [5.41, 5.74) is 3.29. The van der Waals surface area contributed by atoms with Crippen LogP contribution in [0.2, 0.25) is 10.0 Å². The molecule has 2 aromatic heterocycles. The number of pyridine rings is 1. The number of ketones is 1. The number of benzene rings is 2. The summed E-state index contributed by atoms with van der Waals surface area (Å²) in [5, 5.41) is 8.49. The highest BCUT2D eigenvalue weighted by atomic mass is 35.5. The fraction of sp³-hybridized carbons (Fsp3) is 0.240. The number of aromatic nitrogens is 3. The maximum atomic E-state index is 12.8. The zero-order chi connectivity index (χ0) is 25.4. The molecule has 2 N–H and O–H groups in total. The van der Waals surface area contributed by atoms with Gasteiger partial charge in [0.05, 0.1) is 21.6 Å². The lowest BCUT2D eigenvalue weighted by Gasteiger charge is -2.22. The first-order chi connectivity index (χ1) is 17.2. The van der Waals surface area contributed by atoms with Crippen molar-refractivity contribution >= 4 is 55.6 Å². The molecule has 11 heteroatoms. The summed E-state index contributed by atoms with van der Waals surface area (Å²) in [6.07, 6.45) is 2.26. The Labute approximate surface area is 218 Å². The van der Waals surface area contributed by atoms with Crippen LogP contribution >= 0.6 is 23.2 Å². The summed E-state index contributed by atoms with van der Waals surface area (Å²) in [6, 6.07) is 12.9. The minimum absolute atomic E-state index is 0.0742. The number of aromatic amines is 1. The largest absolute Gasteiger partial charge is 0.474 e. The van der Waals surface area contributed by atoms with Crippen molar-refractivity contribution in [3.05, 3.63) is 64.3 Å². The smallest absolute Gasteiger partial charge is 0.263 e. The van der Waals surface area contributed by atoms with Crippen LogP contribution in [0.1, 0.15) is 31.4 Å². The van der Waals surface area contributed by atoms with Crippen LogP contribution in [0.25, 0.3) is 22.2 Å². The summed E-state index contributed by atoms with van der Waals surface area (Å²) >= 11 is 12.0. The van der Waals surface area contributed by atoms with Crippen LogP contribution in [0.4, 0.5) is 5.69 Å². The van der Waals surface area contributed by atoms with Gasteiger partial charge in [0.1, 0.15) is 16.8 Å². The molecule has 0 bridgehead atoms. The van der Waals surface area contributed by atoms with E-state index in [2.05, 4.69) is 14.9 Å². The maximum absolute atomic E-state index is 12.8. The number of rotatable bonds is 6. The minimum Gasteiger partial charge on any atom is -0.474 e. The van der Waals surface area contributed by atoms with E-state index < -0.39 is 10.0 Å². The van der Waals surface area contributed by atoms with Gasteiger partial charge >= 0.3 is 0 Å². The molecule has 1 fully saturated rings. The Kier molecular flexibility index (Phi) is 6.63. The highest BCUT2D eigenvalue weighted by molar-refractivity contribution is 7.92. The Balaban J connectivity index is 1.42. The first-order valence-electron chi connectivity index (χ1n) is 11.3. The molecule has 0 saturated heterocycles. The standard InChI is InChI=1S/C25H22Cl2N4O4S/c1-14-24-22(30-29-14)13-21(28-25(24)35-19-9-7-18(32)8-10-19)15-2-5-17(6-3-15)31-36(33,34)23-12-16(26)4-11-20(23)27/h2-6,11-13,19,31H,7-10H2,1H3,(H,29,30). The van der Waals surface area contributed by atoms with Gasteiger partial charge in [-0.1, -0.05) is 35.3 Å². The zero-order valence-electron chi connectivity index (χ0n) is 19.2. The Morgan fingerprint density at radius 1 is 1.06 bits per heavy atom. The van der Waals surface area contributed by atoms with E-state index in [0.29, 0.717) is 48.5 Å². The first kappa shape index (κ1) is 24.5. The van der Waals surface area contributed by atoms with E-state index in [1.54, 1.807) is 24.3 Å². The summed E-state index contributed by atoms with van der Waals surface area (Å²) in [7, 11) is -3.94. The van der Waals surface area contributed by atoms with Gasteiger partial charge < -0.3 is 4.74 Å². The summed E-state index contributed by atoms with van der Waals surface area (Å²) in [6.45, 7) is 1.90. The fourth-order valence-corrected chi connectivity index (χ4v) is 6.00. The molecule has 0 atom stereocenters. The lowest BCUT2D eigenvalue weighted by atomic mass is 9.96. The SMILES string of the molecule is Cc1[nH]nc2cc(-c3ccc(NS(=O)(=O)c4cc(Cl)ccc4Cl)cc3)nc(OC3CCC(=O)CC3)c12. The van der Waals surface area contributed by atoms with Crippen LogP contribution in [0.3, 0.4) is 0 Å². The number of carbonyl (C=O) groups excluding carboxylic acids is 1. The maximum Gasteiger partial charge on any atom is 0.263 e. The molecule has 0 radical (unpaired) electrons. The van der Waals surface area contributed by atoms with Gasteiger partial charge in [0.25, 0.3) is 10.0 Å². The van der Waals surface area contributed by atoms with Crippen molar-refractivity contribution < 1.29 is 17.9 Å². The van der Waals surface area contributed by atoms with Gasteiger partial charge in [0, 0.05) is 34.8 Å². The monoisotopic (exact) mass is 544 g/mol. The van der Waals surface area contributed by atoms with Crippen molar-refractivity contribution in [3.63, 3.8) is 0 Å². The van der Waals surface area contributed by atoms with Crippen LogP contribution in [-0.2, 0) is 14.8 Å². The van der Waals surface area contributed by atoms with Gasteiger partial charge in [-0.3, -0.25) is 14.6 Å². The molecule has 2 heterocycles. The van der Waals surface area contributed by atoms with Crippen LogP contribution in [0, 0.1) is 6.92 Å². The van der Waals surface area contributed by atoms with Gasteiger partial charge in [-0.25, -0.2) is 13.4 Å². The van der Waals surface area contributed by atoms with Gasteiger partial charge in [-0.15, -0.1) is 0 Å². The predicted molar refractivity (Wildman–Crippen MR) is 139 cm³/mol. The fourth-order valence-electron chi connectivity index (χ4n) is 4.17. The van der Waals surface area contributed by atoms with Gasteiger partial charge in [0.15, 0.2) is 0 Å². The first-order valence-corrected chi connectivity index (χ1v) is 13.6. The molecule has 1 saturated carbocycles. The molecule has 186 valence electrons. The average molecular weight is 545 g/mol. The number of hydrogen-bond donors (Lipinski definition) is 2. The van der Waals surface area contributed by atoms with Gasteiger partial charge in [-0.2, -0.15) is 5.10 Å². The molecule has 0 amide bonds. The number of nitrogens with one attached hydrogen (secondary N) is 2. The number of Topliss-reactive ketones (excluding diaryl/α,β-unsaturated/α-hetero) is 1. The molecule has 5 rings (SSSR count). The Morgan fingerprint density at radius 3 is 2.50 bits per heavy atom. The lowest BCUT2D eigenvalue weighted by molar-refractivity contribution is -0.121. The molecule has 4 aromatic rings. The normalized spacial score (nSPS) is 14.8. The van der Waals surface area contributed by atoms with E-state index >= 15 is 0 Å². The van der Waals surface area contributed by atoms with E-state index in [1.165, 1.54) is 18.2 Å². The number of halogens is 2. The van der Waals surface area contributed by atoms with Crippen LogP contribution < -0.4 is 9.46 Å². The lowest BCUT2D eigenvalue weighted by Crippen LogP contribution is -2.24. The van der Waals surface area contributed by atoms with E-state index in [9.17, 15) is 13.2 Å². The number of fused-ring (bicyclic) bond motifs is 1. The number of anilines is 1. The molecule has 0 aliphatic heterocycles. The van der Waals surface area contributed by atoms with Crippen molar-refractivity contribution in [3.8, 4) is 17.1 Å². The molecule has 0 spiro atoms. The van der Waals surface area contributed by atoms with Gasteiger partial charge in [0.2, 0.25) is 5.88 Å². The molecule has 8 nitrogen and oxygen atoms in total.